The molecule has 0 fully saturated rings. The summed E-state index contributed by atoms with van der Waals surface area (Å²) in [5.41, 5.74) is 2.48. The monoisotopic (exact) mass is 266 g/mol. The summed E-state index contributed by atoms with van der Waals surface area (Å²) >= 11 is 0. The first kappa shape index (κ1) is 12.0. The van der Waals surface area contributed by atoms with E-state index in [0.717, 1.165) is 10.8 Å². The van der Waals surface area contributed by atoms with Crippen LogP contribution >= 0.6 is 0 Å². The van der Waals surface area contributed by atoms with E-state index in [2.05, 4.69) is 20.3 Å². The lowest BCUT2D eigenvalue weighted by Gasteiger charge is -2.04. The molecule has 0 spiro atoms. The summed E-state index contributed by atoms with van der Waals surface area (Å²) in [6.07, 6.45) is 2.52. The summed E-state index contributed by atoms with van der Waals surface area (Å²) in [6, 6.07) is 11.2. The molecule has 2 N–H and O–H groups in total. The standard InChI is InChI=1S/C14H10N4O2/c19-15-7-11-5-3-9-1-2-10-4-6-12(8-16-20)18-14(10)13(9)17-11/h1-8,19-20H/b15-7-,16-8-. The summed E-state index contributed by atoms with van der Waals surface area (Å²) in [5, 5.41) is 25.0. The maximum atomic E-state index is 8.59. The first-order valence-corrected chi connectivity index (χ1v) is 5.87. The van der Waals surface area contributed by atoms with Crippen molar-refractivity contribution in [1.29, 1.82) is 0 Å². The Bertz CT molecular complexity index is 772. The molecule has 0 unspecified atom stereocenters. The van der Waals surface area contributed by atoms with Crippen molar-refractivity contribution in [2.45, 2.75) is 0 Å². The quantitative estimate of drug-likeness (QED) is 0.322. The van der Waals surface area contributed by atoms with Crippen molar-refractivity contribution in [3.8, 4) is 0 Å². The van der Waals surface area contributed by atoms with Gasteiger partial charge in [-0.25, -0.2) is 9.97 Å². The Labute approximate surface area is 113 Å². The van der Waals surface area contributed by atoms with E-state index in [-0.39, 0.29) is 0 Å². The molecule has 3 aromatic rings. The zero-order valence-electron chi connectivity index (χ0n) is 10.3. The zero-order chi connectivity index (χ0) is 13.9. The molecule has 0 saturated heterocycles. The van der Waals surface area contributed by atoms with Crippen molar-refractivity contribution in [3.63, 3.8) is 0 Å². The van der Waals surface area contributed by atoms with Crippen LogP contribution in [-0.2, 0) is 0 Å². The Morgan fingerprint density at radius 1 is 0.700 bits per heavy atom. The smallest absolute Gasteiger partial charge is 0.0972 e. The summed E-state index contributed by atoms with van der Waals surface area (Å²) in [7, 11) is 0. The van der Waals surface area contributed by atoms with Gasteiger partial charge >= 0.3 is 0 Å². The van der Waals surface area contributed by atoms with Gasteiger partial charge in [-0.2, -0.15) is 0 Å². The van der Waals surface area contributed by atoms with Gasteiger partial charge in [0, 0.05) is 10.8 Å². The fourth-order valence-electron chi connectivity index (χ4n) is 2.06. The summed E-state index contributed by atoms with van der Waals surface area (Å²) < 4.78 is 0. The van der Waals surface area contributed by atoms with Crippen LogP contribution in [-0.4, -0.2) is 32.8 Å². The predicted octanol–water partition coefficient (Wildman–Crippen LogP) is 2.40. The van der Waals surface area contributed by atoms with Crippen molar-refractivity contribution in [3.05, 3.63) is 47.8 Å². The van der Waals surface area contributed by atoms with E-state index in [0.29, 0.717) is 22.4 Å². The summed E-state index contributed by atoms with van der Waals surface area (Å²) in [5.74, 6) is 0. The van der Waals surface area contributed by atoms with Crippen LogP contribution in [0.25, 0.3) is 21.8 Å². The minimum Gasteiger partial charge on any atom is -0.411 e. The van der Waals surface area contributed by atoms with E-state index in [1.54, 1.807) is 12.1 Å². The molecule has 0 bridgehead atoms. The molecule has 0 aliphatic heterocycles. The number of hydrogen-bond donors (Lipinski definition) is 2. The fraction of sp³-hybridized carbons (Fsp3) is 0. The zero-order valence-corrected chi connectivity index (χ0v) is 10.3. The van der Waals surface area contributed by atoms with Crippen molar-refractivity contribution in [2.75, 3.05) is 0 Å². The van der Waals surface area contributed by atoms with E-state index >= 15 is 0 Å². The summed E-state index contributed by atoms with van der Waals surface area (Å²) in [6.45, 7) is 0. The number of pyridine rings is 2. The Kier molecular flexibility index (Phi) is 2.96. The largest absolute Gasteiger partial charge is 0.411 e. The number of benzene rings is 1. The highest BCUT2D eigenvalue weighted by atomic mass is 16.4. The lowest BCUT2D eigenvalue weighted by atomic mass is 10.1. The Balaban J connectivity index is 2.35. The second-order valence-electron chi connectivity index (χ2n) is 4.17. The molecule has 0 saturated carbocycles. The van der Waals surface area contributed by atoms with E-state index in [1.807, 2.05) is 24.3 Å². The first-order chi connectivity index (χ1) is 9.81. The van der Waals surface area contributed by atoms with Crippen LogP contribution in [0.4, 0.5) is 0 Å². The Morgan fingerprint density at radius 2 is 1.10 bits per heavy atom. The van der Waals surface area contributed by atoms with Gasteiger partial charge in [0.15, 0.2) is 0 Å². The third-order valence-electron chi connectivity index (χ3n) is 2.94. The second kappa shape index (κ2) is 4.93. The fourth-order valence-corrected chi connectivity index (χ4v) is 2.06. The number of aromatic nitrogens is 2. The molecule has 0 amide bonds. The molecule has 98 valence electrons. The van der Waals surface area contributed by atoms with E-state index in [9.17, 15) is 0 Å². The van der Waals surface area contributed by atoms with Gasteiger partial charge in [0.25, 0.3) is 0 Å². The van der Waals surface area contributed by atoms with Crippen LogP contribution in [0.1, 0.15) is 11.4 Å². The average Bonchev–Trinajstić information content (AvgIpc) is 2.48. The van der Waals surface area contributed by atoms with Gasteiger partial charge in [-0.1, -0.05) is 34.6 Å². The van der Waals surface area contributed by atoms with Gasteiger partial charge in [-0.05, 0) is 12.1 Å². The topological polar surface area (TPSA) is 91.0 Å². The molecular formula is C14H10N4O2. The highest BCUT2D eigenvalue weighted by Gasteiger charge is 2.05. The third-order valence-corrected chi connectivity index (χ3v) is 2.94. The molecule has 0 radical (unpaired) electrons. The van der Waals surface area contributed by atoms with Gasteiger partial charge in [0.05, 0.1) is 34.9 Å². The molecule has 2 aromatic heterocycles. The predicted molar refractivity (Wildman–Crippen MR) is 75.8 cm³/mol. The Hall–Kier alpha value is -3.02. The van der Waals surface area contributed by atoms with Crippen molar-refractivity contribution in [2.24, 2.45) is 10.3 Å². The molecule has 2 heterocycles. The van der Waals surface area contributed by atoms with Gasteiger partial charge in [-0.15, -0.1) is 0 Å². The molecule has 6 heteroatoms. The van der Waals surface area contributed by atoms with Gasteiger partial charge in [0.1, 0.15) is 0 Å². The SMILES string of the molecule is O/N=C\c1ccc2ccc3ccc(/C=N\O)nc3c2n1. The molecule has 6 nitrogen and oxygen atoms in total. The molecule has 20 heavy (non-hydrogen) atoms. The number of oxime groups is 2. The van der Waals surface area contributed by atoms with Crippen molar-refractivity contribution < 1.29 is 10.4 Å². The second-order valence-corrected chi connectivity index (χ2v) is 4.17. The minimum atomic E-state index is 0.538. The van der Waals surface area contributed by atoms with Crippen molar-refractivity contribution in [1.82, 2.24) is 9.97 Å². The van der Waals surface area contributed by atoms with Crippen LogP contribution in [0.3, 0.4) is 0 Å². The average molecular weight is 266 g/mol. The van der Waals surface area contributed by atoms with Gasteiger partial charge < -0.3 is 10.4 Å². The number of nitrogens with zero attached hydrogens (tertiary/aromatic N) is 4. The molecule has 0 aliphatic carbocycles. The van der Waals surface area contributed by atoms with Crippen molar-refractivity contribution >= 4 is 34.2 Å². The van der Waals surface area contributed by atoms with Gasteiger partial charge in [-0.3, -0.25) is 0 Å². The number of rotatable bonds is 2. The van der Waals surface area contributed by atoms with Crippen LogP contribution < -0.4 is 0 Å². The lowest BCUT2D eigenvalue weighted by molar-refractivity contribution is 0.321. The molecule has 3 rings (SSSR count). The van der Waals surface area contributed by atoms with Crippen LogP contribution in [0.2, 0.25) is 0 Å². The molecule has 0 aliphatic rings. The maximum absolute atomic E-state index is 8.59. The minimum absolute atomic E-state index is 0.538. The van der Waals surface area contributed by atoms with Crippen LogP contribution in [0, 0.1) is 0 Å². The van der Waals surface area contributed by atoms with E-state index < -0.39 is 0 Å². The lowest BCUT2D eigenvalue weighted by Crippen LogP contribution is -1.93. The van der Waals surface area contributed by atoms with Crippen LogP contribution in [0.5, 0.6) is 0 Å². The first-order valence-electron chi connectivity index (χ1n) is 5.87. The number of fused-ring (bicyclic) bond motifs is 3. The normalized spacial score (nSPS) is 12.0. The van der Waals surface area contributed by atoms with E-state index in [1.165, 1.54) is 12.4 Å². The molecule has 1 aromatic carbocycles. The van der Waals surface area contributed by atoms with E-state index in [4.69, 9.17) is 10.4 Å². The third kappa shape index (κ3) is 2.03. The maximum Gasteiger partial charge on any atom is 0.0972 e. The van der Waals surface area contributed by atoms with Gasteiger partial charge in [0.2, 0.25) is 0 Å². The van der Waals surface area contributed by atoms with Crippen LogP contribution in [0.15, 0.2) is 46.7 Å². The highest BCUT2D eigenvalue weighted by Crippen LogP contribution is 2.22. The molecular weight excluding hydrogens is 256 g/mol. The highest BCUT2D eigenvalue weighted by molar-refractivity contribution is 6.04. The Morgan fingerprint density at radius 3 is 1.50 bits per heavy atom. The number of hydrogen-bond acceptors (Lipinski definition) is 6. The molecule has 0 atom stereocenters. The summed E-state index contributed by atoms with van der Waals surface area (Å²) in [4.78, 5) is 8.83.